The predicted octanol–water partition coefficient (Wildman–Crippen LogP) is 3.22. The first-order valence-electron chi connectivity index (χ1n) is 5.42. The average molecular weight is 246 g/mol. The third-order valence-corrected chi connectivity index (χ3v) is 2.95. The van der Waals surface area contributed by atoms with Crippen molar-refractivity contribution in [1.82, 2.24) is 0 Å². The third kappa shape index (κ3) is 1.49. The molecule has 0 saturated carbocycles. The van der Waals surface area contributed by atoms with E-state index in [9.17, 15) is 13.6 Å². The van der Waals surface area contributed by atoms with Crippen LogP contribution in [0.3, 0.4) is 0 Å². The van der Waals surface area contributed by atoms with Crippen molar-refractivity contribution in [3.63, 3.8) is 0 Å². The second-order valence-electron chi connectivity index (χ2n) is 4.01. The number of esters is 1. The number of benzene rings is 2. The third-order valence-electron chi connectivity index (χ3n) is 2.95. The van der Waals surface area contributed by atoms with Crippen LogP contribution in [0.1, 0.15) is 27.6 Å². The van der Waals surface area contributed by atoms with Gasteiger partial charge in [-0.1, -0.05) is 24.3 Å². The molecule has 0 amide bonds. The molecule has 1 atom stereocenters. The maximum atomic E-state index is 13.7. The summed E-state index contributed by atoms with van der Waals surface area (Å²) in [5, 5.41) is 0. The molecule has 0 aromatic heterocycles. The van der Waals surface area contributed by atoms with Crippen LogP contribution in [0.5, 0.6) is 0 Å². The van der Waals surface area contributed by atoms with E-state index in [1.54, 1.807) is 24.3 Å². The van der Waals surface area contributed by atoms with Crippen LogP contribution >= 0.6 is 0 Å². The van der Waals surface area contributed by atoms with E-state index in [0.29, 0.717) is 11.1 Å². The fourth-order valence-electron chi connectivity index (χ4n) is 2.12. The molecule has 18 heavy (non-hydrogen) atoms. The SMILES string of the molecule is O=C1OC(c2c(F)cccc2F)c2ccccc21. The van der Waals surface area contributed by atoms with Crippen LogP contribution in [0.4, 0.5) is 8.78 Å². The number of hydrogen-bond donors (Lipinski definition) is 0. The predicted molar refractivity (Wildman–Crippen MR) is 60.1 cm³/mol. The Morgan fingerprint density at radius 2 is 1.61 bits per heavy atom. The van der Waals surface area contributed by atoms with E-state index in [4.69, 9.17) is 4.74 Å². The van der Waals surface area contributed by atoms with Gasteiger partial charge in [0, 0.05) is 5.56 Å². The Kier molecular flexibility index (Phi) is 2.37. The first-order valence-corrected chi connectivity index (χ1v) is 5.42. The Bertz CT molecular complexity index is 617. The number of carbonyl (C=O) groups is 1. The van der Waals surface area contributed by atoms with E-state index >= 15 is 0 Å². The second-order valence-corrected chi connectivity index (χ2v) is 4.01. The van der Waals surface area contributed by atoms with Crippen LogP contribution in [-0.4, -0.2) is 5.97 Å². The van der Waals surface area contributed by atoms with Gasteiger partial charge in [0.05, 0.1) is 11.1 Å². The topological polar surface area (TPSA) is 26.3 Å². The zero-order chi connectivity index (χ0) is 12.7. The van der Waals surface area contributed by atoms with Gasteiger partial charge >= 0.3 is 5.97 Å². The minimum Gasteiger partial charge on any atom is -0.449 e. The number of hydrogen-bond acceptors (Lipinski definition) is 2. The lowest BCUT2D eigenvalue weighted by molar-refractivity contribution is 0.0445. The maximum Gasteiger partial charge on any atom is 0.339 e. The summed E-state index contributed by atoms with van der Waals surface area (Å²) in [6.45, 7) is 0. The molecule has 4 heteroatoms. The van der Waals surface area contributed by atoms with Gasteiger partial charge in [0.1, 0.15) is 11.6 Å². The van der Waals surface area contributed by atoms with Gasteiger partial charge in [0.25, 0.3) is 0 Å². The van der Waals surface area contributed by atoms with Gasteiger partial charge in [-0.15, -0.1) is 0 Å². The van der Waals surface area contributed by atoms with Crippen molar-refractivity contribution < 1.29 is 18.3 Å². The molecule has 1 unspecified atom stereocenters. The van der Waals surface area contributed by atoms with Gasteiger partial charge in [0.2, 0.25) is 0 Å². The summed E-state index contributed by atoms with van der Waals surface area (Å²) in [5.74, 6) is -1.99. The molecule has 3 rings (SSSR count). The quantitative estimate of drug-likeness (QED) is 0.722. The van der Waals surface area contributed by atoms with E-state index in [-0.39, 0.29) is 5.56 Å². The van der Waals surface area contributed by atoms with Crippen LogP contribution in [0.25, 0.3) is 0 Å². The highest BCUT2D eigenvalue weighted by atomic mass is 19.1. The van der Waals surface area contributed by atoms with Crippen LogP contribution in [-0.2, 0) is 4.74 Å². The van der Waals surface area contributed by atoms with Crippen molar-refractivity contribution in [2.75, 3.05) is 0 Å². The lowest BCUT2D eigenvalue weighted by Gasteiger charge is -2.12. The van der Waals surface area contributed by atoms with E-state index in [0.717, 1.165) is 12.1 Å². The van der Waals surface area contributed by atoms with Crippen molar-refractivity contribution in [2.24, 2.45) is 0 Å². The molecule has 0 aliphatic carbocycles. The van der Waals surface area contributed by atoms with E-state index in [2.05, 4.69) is 0 Å². The normalized spacial score (nSPS) is 17.4. The molecular weight excluding hydrogens is 238 g/mol. The minimum absolute atomic E-state index is 0.226. The summed E-state index contributed by atoms with van der Waals surface area (Å²) in [7, 11) is 0. The fourth-order valence-corrected chi connectivity index (χ4v) is 2.12. The van der Waals surface area contributed by atoms with E-state index in [1.807, 2.05) is 0 Å². The van der Waals surface area contributed by atoms with Crippen LogP contribution < -0.4 is 0 Å². The number of cyclic esters (lactones) is 1. The summed E-state index contributed by atoms with van der Waals surface area (Å²) in [4.78, 5) is 11.6. The highest BCUT2D eigenvalue weighted by molar-refractivity contribution is 5.94. The van der Waals surface area contributed by atoms with Gasteiger partial charge in [-0.05, 0) is 18.2 Å². The standard InChI is InChI=1S/C14H8F2O2/c15-10-6-3-7-11(16)12(10)13-8-4-1-2-5-9(8)14(17)18-13/h1-7,13H. The summed E-state index contributed by atoms with van der Waals surface area (Å²) >= 11 is 0. The maximum absolute atomic E-state index is 13.7. The summed E-state index contributed by atoms with van der Waals surface area (Å²) in [5.41, 5.74) is 0.618. The van der Waals surface area contributed by atoms with Gasteiger partial charge in [-0.2, -0.15) is 0 Å². The molecule has 2 aromatic rings. The van der Waals surface area contributed by atoms with Crippen molar-refractivity contribution in [3.8, 4) is 0 Å². The Balaban J connectivity index is 2.18. The molecule has 0 radical (unpaired) electrons. The van der Waals surface area contributed by atoms with Gasteiger partial charge in [0.15, 0.2) is 6.10 Å². The smallest absolute Gasteiger partial charge is 0.339 e. The molecule has 0 spiro atoms. The molecule has 1 aliphatic heterocycles. The highest BCUT2D eigenvalue weighted by Gasteiger charge is 2.35. The van der Waals surface area contributed by atoms with Crippen molar-refractivity contribution in [1.29, 1.82) is 0 Å². The zero-order valence-electron chi connectivity index (χ0n) is 9.19. The van der Waals surface area contributed by atoms with E-state index in [1.165, 1.54) is 6.07 Å². The number of ether oxygens (including phenoxy) is 1. The number of fused-ring (bicyclic) bond motifs is 1. The van der Waals surface area contributed by atoms with Gasteiger partial charge < -0.3 is 4.74 Å². The molecule has 90 valence electrons. The van der Waals surface area contributed by atoms with Crippen molar-refractivity contribution in [3.05, 3.63) is 70.8 Å². The Labute approximate surface area is 102 Å². The molecule has 1 heterocycles. The second kappa shape index (κ2) is 3.91. The Morgan fingerprint density at radius 3 is 2.33 bits per heavy atom. The molecule has 0 N–H and O–H groups in total. The molecule has 1 aliphatic rings. The lowest BCUT2D eigenvalue weighted by atomic mass is 9.98. The molecule has 2 nitrogen and oxygen atoms in total. The number of rotatable bonds is 1. The Morgan fingerprint density at radius 1 is 0.944 bits per heavy atom. The zero-order valence-corrected chi connectivity index (χ0v) is 9.19. The number of halogens is 2. The molecule has 0 bridgehead atoms. The monoisotopic (exact) mass is 246 g/mol. The first-order chi connectivity index (χ1) is 8.68. The number of carbonyl (C=O) groups excluding carboxylic acids is 1. The lowest BCUT2D eigenvalue weighted by Crippen LogP contribution is -2.06. The minimum atomic E-state index is -1.00. The average Bonchev–Trinajstić information content (AvgIpc) is 2.68. The molecular formula is C14H8F2O2. The van der Waals surface area contributed by atoms with Crippen molar-refractivity contribution >= 4 is 5.97 Å². The largest absolute Gasteiger partial charge is 0.449 e. The van der Waals surface area contributed by atoms with Crippen LogP contribution in [0.15, 0.2) is 42.5 Å². The highest BCUT2D eigenvalue weighted by Crippen LogP contribution is 2.37. The van der Waals surface area contributed by atoms with Crippen molar-refractivity contribution in [2.45, 2.75) is 6.10 Å². The van der Waals surface area contributed by atoms with Gasteiger partial charge in [-0.25, -0.2) is 13.6 Å². The van der Waals surface area contributed by atoms with Gasteiger partial charge in [-0.3, -0.25) is 0 Å². The first kappa shape index (κ1) is 10.9. The summed E-state index contributed by atoms with van der Waals surface area (Å²) in [6.07, 6.45) is -1.00. The van der Waals surface area contributed by atoms with Crippen LogP contribution in [0, 0.1) is 11.6 Å². The van der Waals surface area contributed by atoms with E-state index < -0.39 is 23.7 Å². The molecule has 2 aromatic carbocycles. The Hall–Kier alpha value is -2.23. The summed E-state index contributed by atoms with van der Waals surface area (Å²) < 4.78 is 32.4. The fraction of sp³-hybridized carbons (Fsp3) is 0.0714. The summed E-state index contributed by atoms with van der Waals surface area (Å²) in [6, 6.07) is 10.2. The van der Waals surface area contributed by atoms with Crippen LogP contribution in [0.2, 0.25) is 0 Å². The molecule has 0 saturated heterocycles. The molecule has 0 fully saturated rings.